The molecule has 104 valence electrons. The average Bonchev–Trinajstić information content (AvgIpc) is 2.81. The van der Waals surface area contributed by atoms with Crippen LogP contribution in [0.1, 0.15) is 23.7 Å². The second-order valence-electron chi connectivity index (χ2n) is 5.19. The molecule has 0 aliphatic rings. The molecule has 0 aliphatic carbocycles. The van der Waals surface area contributed by atoms with Gasteiger partial charge < -0.3 is 4.57 Å². The van der Waals surface area contributed by atoms with Crippen molar-refractivity contribution in [3.05, 3.63) is 78.0 Å². The molecule has 3 aromatic rings. The van der Waals surface area contributed by atoms with Crippen LogP contribution in [0.5, 0.6) is 0 Å². The fourth-order valence-corrected chi connectivity index (χ4v) is 2.87. The van der Waals surface area contributed by atoms with Crippen LogP contribution < -0.4 is 0 Å². The van der Waals surface area contributed by atoms with Crippen LogP contribution in [0.3, 0.4) is 0 Å². The Morgan fingerprint density at radius 2 is 1.86 bits per heavy atom. The molecule has 3 rings (SSSR count). The molecule has 0 atom stereocenters. The van der Waals surface area contributed by atoms with E-state index in [0.29, 0.717) is 0 Å². The molecule has 0 N–H and O–H groups in total. The zero-order chi connectivity index (χ0) is 14.8. The van der Waals surface area contributed by atoms with Gasteiger partial charge in [0, 0.05) is 16.6 Å². The van der Waals surface area contributed by atoms with Gasteiger partial charge in [0.1, 0.15) is 0 Å². The van der Waals surface area contributed by atoms with Crippen molar-refractivity contribution in [2.45, 2.75) is 13.8 Å². The largest absolute Gasteiger partial charge is 0.309 e. The Bertz CT molecular complexity index is 834. The lowest BCUT2D eigenvalue weighted by Gasteiger charge is -2.10. The molecule has 0 radical (unpaired) electrons. The van der Waals surface area contributed by atoms with E-state index < -0.39 is 0 Å². The predicted molar refractivity (Wildman–Crippen MR) is 92.8 cm³/mol. The van der Waals surface area contributed by atoms with Gasteiger partial charge in [0.25, 0.3) is 0 Å². The summed E-state index contributed by atoms with van der Waals surface area (Å²) >= 11 is 0. The van der Waals surface area contributed by atoms with E-state index in [-0.39, 0.29) is 0 Å². The zero-order valence-corrected chi connectivity index (χ0v) is 12.5. The first kappa shape index (κ1) is 13.4. The Hall–Kier alpha value is -2.54. The topological polar surface area (TPSA) is 4.93 Å². The van der Waals surface area contributed by atoms with E-state index in [2.05, 4.69) is 78.8 Å². The van der Waals surface area contributed by atoms with Crippen molar-refractivity contribution >= 4 is 23.1 Å². The number of fused-ring (bicyclic) bond motifs is 1. The Morgan fingerprint density at radius 1 is 1.05 bits per heavy atom. The van der Waals surface area contributed by atoms with E-state index in [0.717, 1.165) is 0 Å². The smallest absolute Gasteiger partial charge is 0.0541 e. The van der Waals surface area contributed by atoms with Gasteiger partial charge in [-0.05, 0) is 43.7 Å². The van der Waals surface area contributed by atoms with Crippen LogP contribution in [-0.4, -0.2) is 4.57 Å². The molecule has 21 heavy (non-hydrogen) atoms. The summed E-state index contributed by atoms with van der Waals surface area (Å²) in [4.78, 5) is 0. The zero-order valence-electron chi connectivity index (χ0n) is 12.5. The summed E-state index contributed by atoms with van der Waals surface area (Å²) in [6, 6.07) is 17.1. The summed E-state index contributed by atoms with van der Waals surface area (Å²) in [5, 5.41) is 1.24. The quantitative estimate of drug-likeness (QED) is 0.584. The highest BCUT2D eigenvalue weighted by molar-refractivity contribution is 5.95. The van der Waals surface area contributed by atoms with Crippen molar-refractivity contribution in [1.82, 2.24) is 4.57 Å². The van der Waals surface area contributed by atoms with Gasteiger partial charge in [-0.3, -0.25) is 0 Å². The highest BCUT2D eigenvalue weighted by Gasteiger charge is 2.14. The standard InChI is InChI=1S/C20H19N/c1-4-9-19-17(5-2)18-12-6-7-13-20(18)21(19)16-11-8-10-15(3)14-16/h4-14H,2H2,1,3H3/b9-4-. The minimum atomic E-state index is 1.18. The van der Waals surface area contributed by atoms with E-state index in [9.17, 15) is 0 Å². The Kier molecular flexibility index (Phi) is 3.49. The van der Waals surface area contributed by atoms with Crippen LogP contribution >= 0.6 is 0 Å². The van der Waals surface area contributed by atoms with Crippen molar-refractivity contribution in [1.29, 1.82) is 0 Å². The third kappa shape index (κ3) is 2.21. The Labute approximate surface area is 125 Å². The van der Waals surface area contributed by atoms with E-state index >= 15 is 0 Å². The lowest BCUT2D eigenvalue weighted by molar-refractivity contribution is 1.10. The second kappa shape index (κ2) is 5.45. The molecule has 0 aliphatic heterocycles. The maximum atomic E-state index is 4.00. The second-order valence-corrected chi connectivity index (χ2v) is 5.19. The lowest BCUT2D eigenvalue weighted by atomic mass is 10.1. The molecule has 2 aromatic carbocycles. The summed E-state index contributed by atoms with van der Waals surface area (Å²) in [6.45, 7) is 8.17. The molecule has 0 saturated heterocycles. The average molecular weight is 273 g/mol. The number of para-hydroxylation sites is 1. The number of hydrogen-bond acceptors (Lipinski definition) is 0. The monoisotopic (exact) mass is 273 g/mol. The number of aromatic nitrogens is 1. The van der Waals surface area contributed by atoms with Gasteiger partial charge in [0.15, 0.2) is 0 Å². The third-order valence-electron chi connectivity index (χ3n) is 3.74. The summed E-state index contributed by atoms with van der Waals surface area (Å²) in [7, 11) is 0. The van der Waals surface area contributed by atoms with Crippen LogP contribution in [0, 0.1) is 6.92 Å². The van der Waals surface area contributed by atoms with Crippen LogP contribution in [0.25, 0.3) is 28.7 Å². The molecule has 0 amide bonds. The minimum Gasteiger partial charge on any atom is -0.309 e. The first-order chi connectivity index (χ1) is 10.3. The predicted octanol–water partition coefficient (Wildman–Crippen LogP) is 5.62. The van der Waals surface area contributed by atoms with Crippen molar-refractivity contribution in [2.75, 3.05) is 0 Å². The van der Waals surface area contributed by atoms with Gasteiger partial charge in [-0.15, -0.1) is 0 Å². The molecule has 0 spiro atoms. The van der Waals surface area contributed by atoms with Crippen molar-refractivity contribution < 1.29 is 0 Å². The summed E-state index contributed by atoms with van der Waals surface area (Å²) in [5.41, 5.74) is 6.03. The fourth-order valence-electron chi connectivity index (χ4n) is 2.87. The maximum absolute atomic E-state index is 4.00. The molecule has 0 unspecified atom stereocenters. The number of nitrogens with zero attached hydrogens (tertiary/aromatic N) is 1. The van der Waals surface area contributed by atoms with Crippen molar-refractivity contribution in [2.24, 2.45) is 0 Å². The Balaban J connectivity index is 2.45. The SMILES string of the molecule is C=Cc1c(/C=C\C)n(-c2cccc(C)c2)c2ccccc12. The molecule has 0 saturated carbocycles. The summed E-state index contributed by atoms with van der Waals surface area (Å²) in [6.07, 6.45) is 6.18. The van der Waals surface area contributed by atoms with Crippen molar-refractivity contribution in [3.63, 3.8) is 0 Å². The number of allylic oxidation sites excluding steroid dienone is 1. The number of rotatable bonds is 3. The molecule has 0 bridgehead atoms. The highest BCUT2D eigenvalue weighted by Crippen LogP contribution is 2.31. The van der Waals surface area contributed by atoms with Crippen LogP contribution in [0.2, 0.25) is 0 Å². The van der Waals surface area contributed by atoms with E-state index in [1.807, 2.05) is 13.0 Å². The van der Waals surface area contributed by atoms with Gasteiger partial charge in [0.2, 0.25) is 0 Å². The van der Waals surface area contributed by atoms with Crippen LogP contribution in [0.15, 0.2) is 61.2 Å². The molecular formula is C20H19N. The Morgan fingerprint density at radius 3 is 2.57 bits per heavy atom. The van der Waals surface area contributed by atoms with E-state index in [1.165, 1.54) is 33.4 Å². The minimum absolute atomic E-state index is 1.18. The molecule has 1 nitrogen and oxygen atoms in total. The molecule has 1 aromatic heterocycles. The third-order valence-corrected chi connectivity index (χ3v) is 3.74. The van der Waals surface area contributed by atoms with E-state index in [4.69, 9.17) is 0 Å². The molecule has 1 heteroatoms. The van der Waals surface area contributed by atoms with Crippen LogP contribution in [0.4, 0.5) is 0 Å². The van der Waals surface area contributed by atoms with E-state index in [1.54, 1.807) is 0 Å². The number of benzene rings is 2. The fraction of sp³-hybridized carbons (Fsp3) is 0.100. The molecule has 0 fully saturated rings. The first-order valence-electron chi connectivity index (χ1n) is 7.22. The lowest BCUT2D eigenvalue weighted by Crippen LogP contribution is -1.97. The van der Waals surface area contributed by atoms with Gasteiger partial charge >= 0.3 is 0 Å². The number of hydrogen-bond donors (Lipinski definition) is 0. The number of aryl methyl sites for hydroxylation is 1. The normalized spacial score (nSPS) is 11.3. The van der Waals surface area contributed by atoms with Gasteiger partial charge in [-0.2, -0.15) is 0 Å². The van der Waals surface area contributed by atoms with Gasteiger partial charge in [-0.1, -0.05) is 49.1 Å². The highest BCUT2D eigenvalue weighted by atomic mass is 15.0. The summed E-state index contributed by atoms with van der Waals surface area (Å²) < 4.78 is 2.30. The van der Waals surface area contributed by atoms with Gasteiger partial charge in [-0.25, -0.2) is 0 Å². The van der Waals surface area contributed by atoms with Crippen LogP contribution in [-0.2, 0) is 0 Å². The first-order valence-corrected chi connectivity index (χ1v) is 7.22. The molecular weight excluding hydrogens is 254 g/mol. The van der Waals surface area contributed by atoms with Crippen molar-refractivity contribution in [3.8, 4) is 5.69 Å². The summed E-state index contributed by atoms with van der Waals surface area (Å²) in [5.74, 6) is 0. The van der Waals surface area contributed by atoms with Gasteiger partial charge in [0.05, 0.1) is 11.2 Å². The maximum Gasteiger partial charge on any atom is 0.0541 e. The molecule has 1 heterocycles.